The first-order valence-electron chi connectivity index (χ1n) is 8.61. The van der Waals surface area contributed by atoms with Crippen LogP contribution in [0.1, 0.15) is 16.7 Å². The number of anilines is 1. The second-order valence-electron chi connectivity index (χ2n) is 6.35. The Morgan fingerprint density at radius 3 is 2.35 bits per heavy atom. The first-order valence-corrected chi connectivity index (χ1v) is 9.49. The molecule has 0 fully saturated rings. The highest BCUT2D eigenvalue weighted by Crippen LogP contribution is 2.34. The standard InChI is InChI=1S/C23H19NOS/c1-17-11-13-19(14-12-17)24-15-18-7-5-6-10-21(18)22(23(24)25)16-26-20-8-3-2-4-9-20/h2-14,16H,15H2,1H3. The van der Waals surface area contributed by atoms with E-state index in [1.54, 1.807) is 11.8 Å². The molecular formula is C23H19NOS. The molecule has 0 saturated heterocycles. The van der Waals surface area contributed by atoms with Gasteiger partial charge in [-0.15, -0.1) is 0 Å². The summed E-state index contributed by atoms with van der Waals surface area (Å²) in [5, 5.41) is 1.98. The van der Waals surface area contributed by atoms with Crippen LogP contribution < -0.4 is 4.90 Å². The molecule has 0 aliphatic carbocycles. The maximum atomic E-state index is 13.2. The topological polar surface area (TPSA) is 20.3 Å². The lowest BCUT2D eigenvalue weighted by Crippen LogP contribution is -2.35. The van der Waals surface area contributed by atoms with Crippen LogP contribution >= 0.6 is 11.8 Å². The molecule has 4 rings (SSSR count). The van der Waals surface area contributed by atoms with Crippen LogP contribution in [0.25, 0.3) is 5.57 Å². The van der Waals surface area contributed by atoms with Crippen LogP contribution in [0.2, 0.25) is 0 Å². The zero-order chi connectivity index (χ0) is 17.9. The Labute approximate surface area is 158 Å². The molecule has 26 heavy (non-hydrogen) atoms. The van der Waals surface area contributed by atoms with Crippen molar-refractivity contribution in [2.45, 2.75) is 18.4 Å². The van der Waals surface area contributed by atoms with Gasteiger partial charge >= 0.3 is 0 Å². The summed E-state index contributed by atoms with van der Waals surface area (Å²) < 4.78 is 0. The predicted molar refractivity (Wildman–Crippen MR) is 109 cm³/mol. The van der Waals surface area contributed by atoms with Gasteiger partial charge in [-0.3, -0.25) is 4.79 Å². The van der Waals surface area contributed by atoms with E-state index in [9.17, 15) is 4.79 Å². The second-order valence-corrected chi connectivity index (χ2v) is 7.29. The van der Waals surface area contributed by atoms with Gasteiger partial charge in [0.1, 0.15) is 0 Å². The van der Waals surface area contributed by atoms with E-state index in [1.165, 1.54) is 11.1 Å². The van der Waals surface area contributed by atoms with Gasteiger partial charge in [0.15, 0.2) is 0 Å². The Morgan fingerprint density at radius 2 is 1.58 bits per heavy atom. The van der Waals surface area contributed by atoms with Crippen molar-refractivity contribution in [3.05, 3.63) is 101 Å². The average Bonchev–Trinajstić information content (AvgIpc) is 2.68. The fourth-order valence-electron chi connectivity index (χ4n) is 3.10. The van der Waals surface area contributed by atoms with Gasteiger partial charge in [-0.25, -0.2) is 0 Å². The van der Waals surface area contributed by atoms with Crippen molar-refractivity contribution in [3.8, 4) is 0 Å². The van der Waals surface area contributed by atoms with Crippen LogP contribution in [0.5, 0.6) is 0 Å². The number of benzene rings is 3. The minimum absolute atomic E-state index is 0.0518. The number of rotatable bonds is 3. The van der Waals surface area contributed by atoms with E-state index in [0.29, 0.717) is 6.54 Å². The van der Waals surface area contributed by atoms with Crippen molar-refractivity contribution in [3.63, 3.8) is 0 Å². The van der Waals surface area contributed by atoms with E-state index >= 15 is 0 Å². The molecule has 0 atom stereocenters. The molecule has 0 radical (unpaired) electrons. The maximum Gasteiger partial charge on any atom is 0.259 e. The third kappa shape index (κ3) is 3.31. The zero-order valence-corrected chi connectivity index (χ0v) is 15.4. The van der Waals surface area contributed by atoms with E-state index in [2.05, 4.69) is 25.1 Å². The van der Waals surface area contributed by atoms with Gasteiger partial charge in [0, 0.05) is 10.6 Å². The zero-order valence-electron chi connectivity index (χ0n) is 14.6. The number of amides is 1. The third-order valence-electron chi connectivity index (χ3n) is 4.51. The molecule has 2 nitrogen and oxygen atoms in total. The summed E-state index contributed by atoms with van der Waals surface area (Å²) >= 11 is 1.58. The number of aryl methyl sites for hydroxylation is 1. The molecule has 0 bridgehead atoms. The summed E-state index contributed by atoms with van der Waals surface area (Å²) in [7, 11) is 0. The lowest BCUT2D eigenvalue weighted by Gasteiger charge is -2.30. The minimum Gasteiger partial charge on any atom is -0.304 e. The van der Waals surface area contributed by atoms with E-state index in [-0.39, 0.29) is 5.91 Å². The molecule has 1 aliphatic heterocycles. The first kappa shape index (κ1) is 16.7. The third-order valence-corrected chi connectivity index (χ3v) is 5.41. The molecule has 1 amide bonds. The van der Waals surface area contributed by atoms with Crippen LogP contribution in [0.3, 0.4) is 0 Å². The molecule has 1 aliphatic rings. The van der Waals surface area contributed by atoms with Gasteiger partial charge < -0.3 is 4.90 Å². The van der Waals surface area contributed by atoms with E-state index in [1.807, 2.05) is 71.0 Å². The molecule has 3 aromatic rings. The Bertz CT molecular complexity index is 961. The van der Waals surface area contributed by atoms with Crippen molar-refractivity contribution >= 4 is 28.9 Å². The van der Waals surface area contributed by atoms with Crippen LogP contribution in [0, 0.1) is 6.92 Å². The van der Waals surface area contributed by atoms with Gasteiger partial charge in [-0.2, -0.15) is 0 Å². The van der Waals surface area contributed by atoms with Crippen molar-refractivity contribution < 1.29 is 4.79 Å². The number of thioether (sulfide) groups is 1. The van der Waals surface area contributed by atoms with Gasteiger partial charge in [-0.05, 0) is 47.7 Å². The lowest BCUT2D eigenvalue weighted by molar-refractivity contribution is -0.113. The highest BCUT2D eigenvalue weighted by Gasteiger charge is 2.28. The van der Waals surface area contributed by atoms with Gasteiger partial charge in [0.05, 0.1) is 12.1 Å². The molecule has 0 saturated carbocycles. The molecule has 1 heterocycles. The largest absolute Gasteiger partial charge is 0.304 e. The van der Waals surface area contributed by atoms with E-state index in [4.69, 9.17) is 0 Å². The molecule has 128 valence electrons. The normalized spacial score (nSPS) is 15.2. The number of hydrogen-bond donors (Lipinski definition) is 0. The molecule has 0 spiro atoms. The summed E-state index contributed by atoms with van der Waals surface area (Å²) in [5.41, 5.74) is 5.08. The lowest BCUT2D eigenvalue weighted by atomic mass is 9.95. The smallest absolute Gasteiger partial charge is 0.259 e. The van der Waals surface area contributed by atoms with Crippen LogP contribution in [0.15, 0.2) is 89.2 Å². The average molecular weight is 357 g/mol. The summed E-state index contributed by atoms with van der Waals surface area (Å²) in [6.07, 6.45) is 0. The van der Waals surface area contributed by atoms with Crippen molar-refractivity contribution in [1.29, 1.82) is 0 Å². The highest BCUT2D eigenvalue weighted by molar-refractivity contribution is 8.02. The maximum absolute atomic E-state index is 13.2. The van der Waals surface area contributed by atoms with Gasteiger partial charge in [-0.1, -0.05) is 71.9 Å². The Hall–Kier alpha value is -2.78. The summed E-state index contributed by atoms with van der Waals surface area (Å²) in [6, 6.07) is 26.4. The number of fused-ring (bicyclic) bond motifs is 1. The number of hydrogen-bond acceptors (Lipinski definition) is 2. The molecule has 3 heteroatoms. The van der Waals surface area contributed by atoms with Crippen molar-refractivity contribution in [2.24, 2.45) is 0 Å². The SMILES string of the molecule is Cc1ccc(N2Cc3ccccc3C(=CSc3ccccc3)C2=O)cc1. The van der Waals surface area contributed by atoms with Crippen molar-refractivity contribution in [2.75, 3.05) is 4.90 Å². The summed E-state index contributed by atoms with van der Waals surface area (Å²) in [5.74, 6) is 0.0518. The first-order chi connectivity index (χ1) is 12.7. The van der Waals surface area contributed by atoms with Crippen LogP contribution in [-0.2, 0) is 11.3 Å². The highest BCUT2D eigenvalue weighted by atomic mass is 32.2. The fraction of sp³-hybridized carbons (Fsp3) is 0.0870. The number of nitrogens with zero attached hydrogens (tertiary/aromatic N) is 1. The van der Waals surface area contributed by atoms with Crippen LogP contribution in [-0.4, -0.2) is 5.91 Å². The molecule has 0 aromatic heterocycles. The molecule has 0 N–H and O–H groups in total. The molecular weight excluding hydrogens is 338 g/mol. The monoisotopic (exact) mass is 357 g/mol. The Morgan fingerprint density at radius 1 is 0.885 bits per heavy atom. The quantitative estimate of drug-likeness (QED) is 0.444. The summed E-state index contributed by atoms with van der Waals surface area (Å²) in [6.45, 7) is 2.66. The number of carbonyl (C=O) groups excluding carboxylic acids is 1. The van der Waals surface area contributed by atoms with Gasteiger partial charge in [0.25, 0.3) is 5.91 Å². The second kappa shape index (κ2) is 7.22. The Balaban J connectivity index is 1.73. The summed E-state index contributed by atoms with van der Waals surface area (Å²) in [4.78, 5) is 16.2. The van der Waals surface area contributed by atoms with E-state index < -0.39 is 0 Å². The number of carbonyl (C=O) groups is 1. The molecule has 0 unspecified atom stereocenters. The van der Waals surface area contributed by atoms with Crippen LogP contribution in [0.4, 0.5) is 5.69 Å². The minimum atomic E-state index is 0.0518. The van der Waals surface area contributed by atoms with Gasteiger partial charge in [0.2, 0.25) is 0 Å². The Kier molecular flexibility index (Phi) is 4.63. The fourth-order valence-corrected chi connectivity index (χ4v) is 3.89. The molecule has 3 aromatic carbocycles. The van der Waals surface area contributed by atoms with E-state index in [0.717, 1.165) is 21.7 Å². The van der Waals surface area contributed by atoms with Crippen molar-refractivity contribution in [1.82, 2.24) is 0 Å². The predicted octanol–water partition coefficient (Wildman–Crippen LogP) is 5.68.